The van der Waals surface area contributed by atoms with Crippen LogP contribution < -0.4 is 4.74 Å². The monoisotopic (exact) mass is 292 g/mol. The third-order valence-electron chi connectivity index (χ3n) is 1.47. The summed E-state index contributed by atoms with van der Waals surface area (Å²) in [4.78, 5) is 0. The topological polar surface area (TPSA) is 35.0 Å². The molecule has 7 heteroatoms. The molecular weight excluding hydrogens is 290 g/mol. The molecule has 0 fully saturated rings. The van der Waals surface area contributed by atoms with Crippen molar-refractivity contribution in [1.82, 2.24) is 10.2 Å². The van der Waals surface area contributed by atoms with Crippen LogP contribution in [0.2, 0.25) is 0 Å². The molecule has 0 aliphatic carbocycles. The lowest BCUT2D eigenvalue weighted by molar-refractivity contribution is 0.431. The van der Waals surface area contributed by atoms with E-state index in [0.29, 0.717) is 3.92 Å². The minimum absolute atomic E-state index is 0.0833. The van der Waals surface area contributed by atoms with E-state index in [4.69, 9.17) is 4.74 Å². The van der Waals surface area contributed by atoms with Crippen LogP contribution in [0.3, 0.4) is 0 Å². The first kappa shape index (κ1) is 10.4. The van der Waals surface area contributed by atoms with Crippen LogP contribution in [-0.2, 0) is 0 Å². The third kappa shape index (κ3) is 2.48. The van der Waals surface area contributed by atoms with Gasteiger partial charge in [0, 0.05) is 6.07 Å². The number of ether oxygens (including phenoxy) is 1. The number of rotatable bonds is 2. The molecule has 1 heterocycles. The molecule has 0 saturated carbocycles. The Balaban J connectivity index is 2.24. The molecule has 1 aromatic heterocycles. The van der Waals surface area contributed by atoms with Crippen molar-refractivity contribution in [3.05, 3.63) is 33.8 Å². The lowest BCUT2D eigenvalue weighted by atomic mass is 10.3. The molecule has 0 bridgehead atoms. The fourth-order valence-corrected chi connectivity index (χ4v) is 1.82. The molecule has 78 valence electrons. The van der Waals surface area contributed by atoms with Crippen molar-refractivity contribution in [3.8, 4) is 10.9 Å². The Morgan fingerprint density at radius 1 is 1.27 bits per heavy atom. The average Bonchev–Trinajstić information content (AvgIpc) is 2.56. The van der Waals surface area contributed by atoms with Gasteiger partial charge in [-0.25, -0.2) is 8.78 Å². The molecule has 15 heavy (non-hydrogen) atoms. The van der Waals surface area contributed by atoms with Gasteiger partial charge in [0.1, 0.15) is 5.82 Å². The highest BCUT2D eigenvalue weighted by Crippen LogP contribution is 2.29. The zero-order valence-electron chi connectivity index (χ0n) is 7.08. The molecule has 1 aromatic carbocycles. The SMILES string of the molecule is Fc1ccc(Oc2nnc(Br)s2)c(F)c1. The van der Waals surface area contributed by atoms with Crippen molar-refractivity contribution in [1.29, 1.82) is 0 Å². The molecule has 0 saturated heterocycles. The largest absolute Gasteiger partial charge is 0.427 e. The second-order valence-electron chi connectivity index (χ2n) is 2.50. The van der Waals surface area contributed by atoms with Crippen LogP contribution in [0, 0.1) is 11.6 Å². The predicted molar refractivity (Wildman–Crippen MR) is 54.0 cm³/mol. The standard InChI is InChI=1S/C8H3BrF2N2OS/c9-7-12-13-8(15-7)14-6-2-1-4(10)3-5(6)11/h1-3H. The maximum Gasteiger partial charge on any atom is 0.300 e. The summed E-state index contributed by atoms with van der Waals surface area (Å²) in [6.45, 7) is 0. The average molecular weight is 293 g/mol. The van der Waals surface area contributed by atoms with Crippen LogP contribution in [0.1, 0.15) is 0 Å². The van der Waals surface area contributed by atoms with Crippen LogP contribution in [0.5, 0.6) is 10.9 Å². The van der Waals surface area contributed by atoms with Crippen LogP contribution in [0.4, 0.5) is 8.78 Å². The van der Waals surface area contributed by atoms with E-state index < -0.39 is 11.6 Å². The Labute approximate surface area is 95.8 Å². The van der Waals surface area contributed by atoms with Crippen molar-refractivity contribution in [2.45, 2.75) is 0 Å². The molecule has 0 aliphatic rings. The molecule has 0 spiro atoms. The lowest BCUT2D eigenvalue weighted by Crippen LogP contribution is -1.88. The molecule has 0 unspecified atom stereocenters. The minimum Gasteiger partial charge on any atom is -0.427 e. The number of halogens is 3. The molecule has 0 aliphatic heterocycles. The third-order valence-corrected chi connectivity index (χ3v) is 2.71. The number of hydrogen-bond acceptors (Lipinski definition) is 4. The zero-order chi connectivity index (χ0) is 10.8. The van der Waals surface area contributed by atoms with Crippen LogP contribution in [0.25, 0.3) is 0 Å². The molecule has 2 aromatic rings. The van der Waals surface area contributed by atoms with Gasteiger partial charge in [-0.1, -0.05) is 5.10 Å². The molecule has 0 amide bonds. The first-order chi connectivity index (χ1) is 7.15. The van der Waals surface area contributed by atoms with Gasteiger partial charge in [-0.05, 0) is 39.4 Å². The maximum absolute atomic E-state index is 13.1. The summed E-state index contributed by atoms with van der Waals surface area (Å²) < 4.78 is 31.3. The minimum atomic E-state index is -0.777. The van der Waals surface area contributed by atoms with E-state index in [-0.39, 0.29) is 10.9 Å². The molecular formula is C8H3BrF2N2OS. The summed E-state index contributed by atoms with van der Waals surface area (Å²) in [6, 6.07) is 3.04. The molecule has 0 atom stereocenters. The normalized spacial score (nSPS) is 10.3. The van der Waals surface area contributed by atoms with Gasteiger partial charge in [0.25, 0.3) is 5.19 Å². The highest BCUT2D eigenvalue weighted by Gasteiger charge is 2.09. The Kier molecular flexibility index (Phi) is 2.92. The second-order valence-corrected chi connectivity index (χ2v) is 4.71. The van der Waals surface area contributed by atoms with E-state index in [1.807, 2.05) is 0 Å². The number of aromatic nitrogens is 2. The molecule has 0 N–H and O–H groups in total. The van der Waals surface area contributed by atoms with Crippen molar-refractivity contribution in [3.63, 3.8) is 0 Å². The summed E-state index contributed by atoms with van der Waals surface area (Å²) in [7, 11) is 0. The molecule has 3 nitrogen and oxygen atoms in total. The van der Waals surface area contributed by atoms with Gasteiger partial charge in [0.05, 0.1) is 0 Å². The van der Waals surface area contributed by atoms with Gasteiger partial charge in [-0.15, -0.1) is 5.10 Å². The molecule has 2 rings (SSSR count). The van der Waals surface area contributed by atoms with Gasteiger partial charge in [-0.2, -0.15) is 0 Å². The maximum atomic E-state index is 13.1. The van der Waals surface area contributed by atoms with Crippen molar-refractivity contribution >= 4 is 27.3 Å². The summed E-state index contributed by atoms with van der Waals surface area (Å²) >= 11 is 4.19. The van der Waals surface area contributed by atoms with E-state index in [0.717, 1.165) is 23.5 Å². The van der Waals surface area contributed by atoms with Gasteiger partial charge >= 0.3 is 0 Å². The number of nitrogens with zero attached hydrogens (tertiary/aromatic N) is 2. The van der Waals surface area contributed by atoms with Crippen molar-refractivity contribution in [2.75, 3.05) is 0 Å². The molecule has 0 radical (unpaired) electrons. The Bertz CT molecular complexity index is 491. The van der Waals surface area contributed by atoms with Gasteiger partial charge in [0.2, 0.25) is 0 Å². The Morgan fingerprint density at radius 3 is 2.67 bits per heavy atom. The summed E-state index contributed by atoms with van der Waals surface area (Å²) in [5.74, 6) is -1.51. The van der Waals surface area contributed by atoms with Gasteiger partial charge in [0.15, 0.2) is 15.5 Å². The van der Waals surface area contributed by atoms with E-state index in [1.54, 1.807) is 0 Å². The number of benzene rings is 1. The Morgan fingerprint density at radius 2 is 2.07 bits per heavy atom. The van der Waals surface area contributed by atoms with E-state index in [9.17, 15) is 8.78 Å². The van der Waals surface area contributed by atoms with Crippen molar-refractivity contribution in [2.24, 2.45) is 0 Å². The van der Waals surface area contributed by atoms with Crippen molar-refractivity contribution < 1.29 is 13.5 Å². The fourth-order valence-electron chi connectivity index (χ4n) is 0.886. The lowest BCUT2D eigenvalue weighted by Gasteiger charge is -2.01. The van der Waals surface area contributed by atoms with Gasteiger partial charge in [-0.3, -0.25) is 0 Å². The highest BCUT2D eigenvalue weighted by molar-refractivity contribution is 9.11. The quantitative estimate of drug-likeness (QED) is 0.851. The van der Waals surface area contributed by atoms with E-state index >= 15 is 0 Å². The van der Waals surface area contributed by atoms with E-state index in [2.05, 4.69) is 26.1 Å². The smallest absolute Gasteiger partial charge is 0.300 e. The predicted octanol–water partition coefficient (Wildman–Crippen LogP) is 3.37. The van der Waals surface area contributed by atoms with Crippen LogP contribution in [0.15, 0.2) is 22.1 Å². The first-order valence-electron chi connectivity index (χ1n) is 3.77. The number of hydrogen-bond donors (Lipinski definition) is 0. The second kappa shape index (κ2) is 4.19. The summed E-state index contributed by atoms with van der Waals surface area (Å²) in [5, 5.41) is 7.42. The zero-order valence-corrected chi connectivity index (χ0v) is 9.48. The first-order valence-corrected chi connectivity index (χ1v) is 5.38. The van der Waals surface area contributed by atoms with Crippen LogP contribution in [-0.4, -0.2) is 10.2 Å². The fraction of sp³-hybridized carbons (Fsp3) is 0. The Hall–Kier alpha value is -1.08. The van der Waals surface area contributed by atoms with Crippen LogP contribution >= 0.6 is 27.3 Å². The summed E-state index contributed by atoms with van der Waals surface area (Å²) in [6.07, 6.45) is 0. The van der Waals surface area contributed by atoms with Gasteiger partial charge < -0.3 is 4.74 Å². The summed E-state index contributed by atoms with van der Waals surface area (Å²) in [5.41, 5.74) is 0. The van der Waals surface area contributed by atoms with E-state index in [1.165, 1.54) is 6.07 Å². The highest BCUT2D eigenvalue weighted by atomic mass is 79.9.